The Kier molecular flexibility index (Phi) is 4.68. The molecule has 1 N–H and O–H groups in total. The van der Waals surface area contributed by atoms with E-state index in [-0.39, 0.29) is 11.3 Å². The van der Waals surface area contributed by atoms with Crippen molar-refractivity contribution >= 4 is 33.6 Å². The van der Waals surface area contributed by atoms with Crippen LogP contribution in [0.1, 0.15) is 18.1 Å². The normalized spacial score (nSPS) is 11.4. The predicted octanol–water partition coefficient (Wildman–Crippen LogP) is 3.60. The molecule has 0 radical (unpaired) electrons. The maximum atomic E-state index is 12.6. The molecule has 2 heterocycles. The minimum Gasteiger partial charge on any atom is -0.508 e. The van der Waals surface area contributed by atoms with E-state index >= 15 is 0 Å². The number of hydrogen-bond acceptors (Lipinski definition) is 6. The second-order valence-corrected chi connectivity index (χ2v) is 7.43. The molecule has 0 aliphatic carbocycles. The maximum absolute atomic E-state index is 12.6. The highest BCUT2D eigenvalue weighted by Gasteiger charge is 2.13. The molecule has 0 spiro atoms. The van der Waals surface area contributed by atoms with Gasteiger partial charge in [-0.05, 0) is 35.7 Å². The molecule has 2 aromatic carbocycles. The number of aryl methyl sites for hydroxylation is 1. The van der Waals surface area contributed by atoms with Crippen LogP contribution in [0.4, 0.5) is 0 Å². The highest BCUT2D eigenvalue weighted by atomic mass is 32.2. The van der Waals surface area contributed by atoms with Crippen LogP contribution >= 0.6 is 11.8 Å². The van der Waals surface area contributed by atoms with Gasteiger partial charge in [0.05, 0.1) is 10.9 Å². The number of phenolic OH excluding ortho intramolecular Hbond substituents is 1. The molecule has 0 saturated heterocycles. The summed E-state index contributed by atoms with van der Waals surface area (Å²) in [4.78, 5) is 29.1. The number of phenols is 1. The molecule has 0 aliphatic rings. The van der Waals surface area contributed by atoms with Crippen LogP contribution in [0, 0.1) is 0 Å². The molecule has 28 heavy (non-hydrogen) atoms. The lowest BCUT2D eigenvalue weighted by Crippen LogP contribution is -2.19. The zero-order valence-corrected chi connectivity index (χ0v) is 16.2. The summed E-state index contributed by atoms with van der Waals surface area (Å²) in [5.41, 5.74) is 1.95. The number of hydrogen-bond donors (Lipinski definition) is 1. The molecule has 0 atom stereocenters. The van der Waals surface area contributed by atoms with Gasteiger partial charge in [-0.25, -0.2) is 9.78 Å². The third kappa shape index (κ3) is 3.18. The number of para-hydroxylation sites is 1. The number of aromatic nitrogens is 2. The van der Waals surface area contributed by atoms with Crippen molar-refractivity contribution in [2.45, 2.75) is 24.3 Å². The second kappa shape index (κ2) is 7.16. The lowest BCUT2D eigenvalue weighted by molar-refractivity contribution is 0.466. The van der Waals surface area contributed by atoms with Crippen molar-refractivity contribution in [3.63, 3.8) is 0 Å². The highest BCUT2D eigenvalue weighted by molar-refractivity contribution is 7.98. The van der Waals surface area contributed by atoms with Gasteiger partial charge in [-0.3, -0.25) is 9.36 Å². The van der Waals surface area contributed by atoms with Crippen LogP contribution in [0.3, 0.4) is 0 Å². The summed E-state index contributed by atoms with van der Waals surface area (Å²) in [6.45, 7) is 1.95. The lowest BCUT2D eigenvalue weighted by Gasteiger charge is -2.10. The van der Waals surface area contributed by atoms with Crippen LogP contribution in [0.5, 0.6) is 5.75 Å². The van der Waals surface area contributed by atoms with Gasteiger partial charge in [0.1, 0.15) is 11.3 Å². The molecular formula is C21H18N2O4S. The quantitative estimate of drug-likeness (QED) is 0.323. The fourth-order valence-electron chi connectivity index (χ4n) is 3.18. The Bertz CT molecular complexity index is 1320. The third-order valence-electron chi connectivity index (χ3n) is 4.71. The number of nitrogens with zero attached hydrogens (tertiary/aromatic N) is 2. The van der Waals surface area contributed by atoms with Gasteiger partial charge in [0.15, 0.2) is 5.16 Å². The smallest absolute Gasteiger partial charge is 0.336 e. The molecule has 2 aromatic heterocycles. The monoisotopic (exact) mass is 394 g/mol. The van der Waals surface area contributed by atoms with E-state index in [0.29, 0.717) is 33.8 Å². The first-order chi connectivity index (χ1) is 13.5. The van der Waals surface area contributed by atoms with Gasteiger partial charge in [0.25, 0.3) is 5.56 Å². The van der Waals surface area contributed by atoms with Gasteiger partial charge in [-0.1, -0.05) is 30.8 Å². The van der Waals surface area contributed by atoms with E-state index in [1.165, 1.54) is 28.5 Å². The van der Waals surface area contributed by atoms with Crippen LogP contribution in [0.25, 0.3) is 21.9 Å². The van der Waals surface area contributed by atoms with E-state index in [0.717, 1.165) is 16.5 Å². The summed E-state index contributed by atoms with van der Waals surface area (Å²) in [5, 5.41) is 12.0. The Balaban J connectivity index is 1.77. The molecular weight excluding hydrogens is 376 g/mol. The molecule has 4 aromatic rings. The topological polar surface area (TPSA) is 85.3 Å². The highest BCUT2D eigenvalue weighted by Crippen LogP contribution is 2.30. The Morgan fingerprint density at radius 1 is 1.11 bits per heavy atom. The fraction of sp³-hybridized carbons (Fsp3) is 0.190. The van der Waals surface area contributed by atoms with E-state index in [4.69, 9.17) is 4.42 Å². The van der Waals surface area contributed by atoms with Gasteiger partial charge in [-0.2, -0.15) is 0 Å². The molecule has 0 aliphatic heterocycles. The van der Waals surface area contributed by atoms with Gasteiger partial charge >= 0.3 is 5.63 Å². The molecule has 7 heteroatoms. The number of fused-ring (bicyclic) bond motifs is 2. The van der Waals surface area contributed by atoms with Gasteiger partial charge in [0.2, 0.25) is 0 Å². The largest absolute Gasteiger partial charge is 0.508 e. The average molecular weight is 394 g/mol. The summed E-state index contributed by atoms with van der Waals surface area (Å²) in [7, 11) is 1.69. The number of aromatic hydroxyl groups is 1. The van der Waals surface area contributed by atoms with Crippen LogP contribution in [0.15, 0.2) is 61.6 Å². The van der Waals surface area contributed by atoms with Crippen molar-refractivity contribution in [3.8, 4) is 5.75 Å². The van der Waals surface area contributed by atoms with Crippen molar-refractivity contribution in [1.82, 2.24) is 9.55 Å². The molecule has 0 amide bonds. The molecule has 142 valence electrons. The SMILES string of the molecule is CCc1cc2c(CSc3nc4ccccc4c(=O)n3C)cc(=O)oc2cc1O. The Hall–Kier alpha value is -3.06. The second-order valence-electron chi connectivity index (χ2n) is 6.49. The molecule has 0 bridgehead atoms. The van der Waals surface area contributed by atoms with Crippen LogP contribution < -0.4 is 11.2 Å². The summed E-state index contributed by atoms with van der Waals surface area (Å²) >= 11 is 1.38. The van der Waals surface area contributed by atoms with Crippen molar-refractivity contribution in [3.05, 3.63) is 74.4 Å². The predicted molar refractivity (Wildman–Crippen MR) is 110 cm³/mol. The first-order valence-corrected chi connectivity index (χ1v) is 9.83. The Labute approximate surface area is 164 Å². The van der Waals surface area contributed by atoms with Gasteiger partial charge in [-0.15, -0.1) is 0 Å². The first-order valence-electron chi connectivity index (χ1n) is 8.85. The number of benzene rings is 2. The zero-order chi connectivity index (χ0) is 19.8. The van der Waals surface area contributed by atoms with Crippen molar-refractivity contribution in [1.29, 1.82) is 0 Å². The van der Waals surface area contributed by atoms with Crippen LogP contribution in [-0.2, 0) is 19.2 Å². The van der Waals surface area contributed by atoms with E-state index in [2.05, 4.69) is 4.98 Å². The summed E-state index contributed by atoms with van der Waals surface area (Å²) < 4.78 is 6.76. The van der Waals surface area contributed by atoms with E-state index in [1.807, 2.05) is 31.2 Å². The van der Waals surface area contributed by atoms with Crippen molar-refractivity contribution in [2.75, 3.05) is 0 Å². The van der Waals surface area contributed by atoms with Gasteiger partial charge in [0, 0.05) is 30.3 Å². The molecule has 0 unspecified atom stereocenters. The summed E-state index contributed by atoms with van der Waals surface area (Å²) in [6, 6.07) is 12.0. The van der Waals surface area contributed by atoms with Crippen LogP contribution in [-0.4, -0.2) is 14.7 Å². The molecule has 4 rings (SSSR count). The Morgan fingerprint density at radius 3 is 2.68 bits per heavy atom. The van der Waals surface area contributed by atoms with Gasteiger partial charge < -0.3 is 9.52 Å². The molecule has 0 saturated carbocycles. The van der Waals surface area contributed by atoms with E-state index in [1.54, 1.807) is 13.1 Å². The lowest BCUT2D eigenvalue weighted by atomic mass is 10.1. The third-order valence-corrected chi connectivity index (χ3v) is 5.79. The average Bonchev–Trinajstić information content (AvgIpc) is 2.68. The van der Waals surface area contributed by atoms with Crippen molar-refractivity contribution < 1.29 is 9.52 Å². The number of rotatable bonds is 4. The standard InChI is InChI=1S/C21H18N2O4S/c1-3-12-8-15-13(9-19(25)27-18(15)10-17(12)24)11-28-21-22-16-7-5-4-6-14(16)20(26)23(21)2/h4-10,24H,3,11H2,1-2H3. The molecule has 0 fully saturated rings. The fourth-order valence-corrected chi connectivity index (χ4v) is 4.14. The van der Waals surface area contributed by atoms with Crippen LogP contribution in [0.2, 0.25) is 0 Å². The number of thioether (sulfide) groups is 1. The summed E-state index contributed by atoms with van der Waals surface area (Å²) in [6.07, 6.45) is 0.661. The Morgan fingerprint density at radius 2 is 1.89 bits per heavy atom. The first kappa shape index (κ1) is 18.3. The zero-order valence-electron chi connectivity index (χ0n) is 15.4. The minimum atomic E-state index is -0.480. The van der Waals surface area contributed by atoms with Crippen molar-refractivity contribution in [2.24, 2.45) is 7.05 Å². The summed E-state index contributed by atoms with van der Waals surface area (Å²) in [5.74, 6) is 0.552. The van der Waals surface area contributed by atoms with E-state index in [9.17, 15) is 14.7 Å². The minimum absolute atomic E-state index is 0.108. The molecule has 6 nitrogen and oxygen atoms in total. The maximum Gasteiger partial charge on any atom is 0.336 e. The van der Waals surface area contributed by atoms with E-state index < -0.39 is 5.63 Å².